The molecule has 2 aliphatic heterocycles. The number of benzene rings is 6. The van der Waals surface area contributed by atoms with Crippen molar-refractivity contribution in [2.45, 2.75) is 61.4 Å². The Morgan fingerprint density at radius 1 is 0.286 bits per heavy atom. The van der Waals surface area contributed by atoms with E-state index in [2.05, 4.69) is 0 Å². The first-order valence-corrected chi connectivity index (χ1v) is 22.1. The molecule has 2 aliphatic rings. The van der Waals surface area contributed by atoms with Crippen LogP contribution >= 0.6 is 0 Å². The molecule has 0 saturated carbocycles. The van der Waals surface area contributed by atoms with Crippen molar-refractivity contribution < 1.29 is 76.1 Å². The van der Waals surface area contributed by atoms with Crippen molar-refractivity contribution in [2.75, 3.05) is 14.2 Å². The maximum absolute atomic E-state index is 14.3. The lowest BCUT2D eigenvalue weighted by atomic mass is 9.87. The van der Waals surface area contributed by atoms with Gasteiger partial charge in [-0.3, -0.25) is 0 Å². The normalized spacial score (nSPS) is 23.9. The summed E-state index contributed by atoms with van der Waals surface area (Å²) in [5, 5.41) is 0. The Kier molecular flexibility index (Phi) is 15.8. The van der Waals surface area contributed by atoms with E-state index in [1.807, 2.05) is 0 Å². The van der Waals surface area contributed by atoms with Gasteiger partial charge < -0.3 is 47.4 Å². The molecule has 0 unspecified atom stereocenters. The van der Waals surface area contributed by atoms with E-state index in [9.17, 15) is 28.8 Å². The van der Waals surface area contributed by atoms with Gasteiger partial charge in [-0.1, -0.05) is 109 Å². The molecule has 6 aromatic rings. The van der Waals surface area contributed by atoms with Gasteiger partial charge in [0.15, 0.2) is 49.2 Å². The van der Waals surface area contributed by atoms with Gasteiger partial charge in [-0.25, -0.2) is 28.8 Å². The van der Waals surface area contributed by atoms with Crippen molar-refractivity contribution in [2.24, 2.45) is 0 Å². The third-order valence-electron chi connectivity index (χ3n) is 11.4. The number of hydrogen-bond acceptors (Lipinski definition) is 16. The lowest BCUT2D eigenvalue weighted by Crippen LogP contribution is -2.71. The zero-order valence-electron chi connectivity index (χ0n) is 37.6. The predicted molar refractivity (Wildman–Crippen MR) is 245 cm³/mol. The quantitative estimate of drug-likeness (QED) is 0.0748. The summed E-state index contributed by atoms with van der Waals surface area (Å²) >= 11 is 0. The molecule has 2 fully saturated rings. The summed E-state index contributed by atoms with van der Waals surface area (Å²) in [5.41, 5.74) is 0.455. The lowest BCUT2D eigenvalue weighted by molar-refractivity contribution is -0.349. The number of rotatable bonds is 15. The Balaban J connectivity index is 1.29. The highest BCUT2D eigenvalue weighted by atomic mass is 16.8. The number of methoxy groups -OCH3 is 2. The molecular formula is C54H46O16. The van der Waals surface area contributed by atoms with Crippen molar-refractivity contribution in [3.63, 3.8) is 0 Å². The summed E-state index contributed by atoms with van der Waals surface area (Å²) in [5.74, 6) is -5.55. The van der Waals surface area contributed by atoms with Crippen molar-refractivity contribution in [1.82, 2.24) is 0 Å². The van der Waals surface area contributed by atoms with Crippen molar-refractivity contribution in [3.05, 3.63) is 215 Å². The summed E-state index contributed by atoms with van der Waals surface area (Å²) in [6.07, 6.45) is -17.4. The van der Waals surface area contributed by atoms with Gasteiger partial charge in [-0.05, 0) is 72.8 Å². The zero-order valence-corrected chi connectivity index (χ0v) is 37.6. The van der Waals surface area contributed by atoms with Crippen LogP contribution in [0.4, 0.5) is 0 Å². The van der Waals surface area contributed by atoms with Gasteiger partial charge in [-0.2, -0.15) is 0 Å². The second kappa shape index (κ2) is 22.9. The molecule has 70 heavy (non-hydrogen) atoms. The van der Waals surface area contributed by atoms with E-state index in [0.29, 0.717) is 0 Å². The molecular weight excluding hydrogens is 905 g/mol. The molecule has 2 saturated heterocycles. The summed E-state index contributed by atoms with van der Waals surface area (Å²) in [6.45, 7) is 0. The van der Waals surface area contributed by atoms with E-state index in [0.717, 1.165) is 0 Å². The molecule has 0 bridgehead atoms. The Morgan fingerprint density at radius 2 is 0.471 bits per heavy atom. The molecule has 6 aromatic carbocycles. The Labute approximate surface area is 401 Å². The average Bonchev–Trinajstić information content (AvgIpc) is 3.41. The fourth-order valence-electron chi connectivity index (χ4n) is 7.96. The second-order valence-corrected chi connectivity index (χ2v) is 15.8. The molecule has 0 aliphatic carbocycles. The minimum Gasteiger partial charge on any atom is -0.452 e. The van der Waals surface area contributed by atoms with Gasteiger partial charge in [0.1, 0.15) is 12.2 Å². The minimum absolute atomic E-state index is 0.0509. The van der Waals surface area contributed by atoms with Crippen LogP contribution in [0.15, 0.2) is 182 Å². The van der Waals surface area contributed by atoms with E-state index in [1.54, 1.807) is 109 Å². The van der Waals surface area contributed by atoms with Gasteiger partial charge in [0.2, 0.25) is 0 Å². The van der Waals surface area contributed by atoms with Crippen molar-refractivity contribution >= 4 is 35.8 Å². The average molecular weight is 951 g/mol. The SMILES string of the molecule is CO[C@@H]1O[C@H]([C@@H]2O[C@@H](OC)[C@H](OC(=O)c3ccccc3)[C@@H](OC(=O)c3ccccc3)[C@@H]2OC(=O)c2ccccc2)[C@@H](OC(=O)c2ccccc2)[C@H](OC(=O)c2ccccc2)[C@H]1OC(=O)c1ccccc1. The predicted octanol–water partition coefficient (Wildman–Crippen LogP) is 7.08. The monoisotopic (exact) mass is 950 g/mol. The standard InChI is InChI=1S/C54H46O16/c1-61-53-45(67-51(59)37-29-17-7-18-30-37)43(65-49(57)35-25-13-5-14-26-35)39(63-47(55)33-21-9-3-10-22-33)41(69-53)42-40(64-48(56)34-23-11-4-12-24-34)44(66-50(58)36-27-15-6-16-28-36)46(54(62-2)70-42)68-52(60)38-31-19-8-20-32-38/h3-32,39-46,53-54H,1-2H3/t39-,40-,41-,42+,43+,44+,45-,46-,53-,54-/m1/s1. The van der Waals surface area contributed by atoms with Crippen LogP contribution < -0.4 is 0 Å². The van der Waals surface area contributed by atoms with Gasteiger partial charge in [0.25, 0.3) is 0 Å². The first-order valence-electron chi connectivity index (χ1n) is 22.1. The Morgan fingerprint density at radius 3 is 0.671 bits per heavy atom. The molecule has 0 radical (unpaired) electrons. The second-order valence-electron chi connectivity index (χ2n) is 15.8. The lowest BCUT2D eigenvalue weighted by Gasteiger charge is -2.51. The molecule has 10 atom stereocenters. The smallest absolute Gasteiger partial charge is 0.338 e. The van der Waals surface area contributed by atoms with Crippen LogP contribution in [0.3, 0.4) is 0 Å². The van der Waals surface area contributed by atoms with Crippen molar-refractivity contribution in [3.8, 4) is 0 Å². The van der Waals surface area contributed by atoms with E-state index >= 15 is 0 Å². The first kappa shape index (κ1) is 48.4. The highest BCUT2D eigenvalue weighted by molar-refractivity contribution is 5.93. The van der Waals surface area contributed by atoms with Gasteiger partial charge in [0, 0.05) is 14.2 Å². The number of ether oxygens (including phenoxy) is 10. The highest BCUT2D eigenvalue weighted by Crippen LogP contribution is 2.39. The Hall–Kier alpha value is -8.02. The van der Waals surface area contributed by atoms with E-state index in [-0.39, 0.29) is 33.4 Å². The van der Waals surface area contributed by atoms with E-state index in [1.165, 1.54) is 87.0 Å². The first-order chi connectivity index (χ1) is 34.1. The molecule has 16 nitrogen and oxygen atoms in total. The van der Waals surface area contributed by atoms with Crippen LogP contribution in [-0.2, 0) is 47.4 Å². The van der Waals surface area contributed by atoms with Crippen molar-refractivity contribution in [1.29, 1.82) is 0 Å². The van der Waals surface area contributed by atoms with Crippen LogP contribution in [0.25, 0.3) is 0 Å². The zero-order chi connectivity index (χ0) is 49.0. The fraction of sp³-hybridized carbons (Fsp3) is 0.222. The maximum Gasteiger partial charge on any atom is 0.338 e. The number of hydrogen-bond donors (Lipinski definition) is 0. The summed E-state index contributed by atoms with van der Waals surface area (Å²) in [6, 6.07) is 47.2. The largest absolute Gasteiger partial charge is 0.452 e. The van der Waals surface area contributed by atoms with E-state index < -0.39 is 97.2 Å². The molecule has 0 N–H and O–H groups in total. The third-order valence-corrected chi connectivity index (χ3v) is 11.4. The number of esters is 6. The van der Waals surface area contributed by atoms with E-state index in [4.69, 9.17) is 47.4 Å². The molecule has 16 heteroatoms. The topological polar surface area (TPSA) is 195 Å². The maximum atomic E-state index is 14.3. The fourth-order valence-corrected chi connectivity index (χ4v) is 7.96. The van der Waals surface area contributed by atoms with Gasteiger partial charge in [-0.15, -0.1) is 0 Å². The molecule has 8 rings (SSSR count). The summed E-state index contributed by atoms with van der Waals surface area (Å²) < 4.78 is 62.2. The minimum atomic E-state index is -1.84. The number of carbonyl (C=O) groups excluding carboxylic acids is 6. The Bertz CT molecular complexity index is 2520. The molecule has 0 amide bonds. The number of carbonyl (C=O) groups is 6. The molecule has 2 heterocycles. The molecule has 0 aromatic heterocycles. The van der Waals surface area contributed by atoms with Crippen LogP contribution in [-0.4, -0.2) is 111 Å². The van der Waals surface area contributed by atoms with Crippen LogP contribution in [0, 0.1) is 0 Å². The van der Waals surface area contributed by atoms with Crippen LogP contribution in [0.5, 0.6) is 0 Å². The van der Waals surface area contributed by atoms with Gasteiger partial charge >= 0.3 is 35.8 Å². The molecule has 0 spiro atoms. The van der Waals surface area contributed by atoms with Crippen LogP contribution in [0.2, 0.25) is 0 Å². The summed E-state index contributed by atoms with van der Waals surface area (Å²) in [7, 11) is 2.46. The van der Waals surface area contributed by atoms with Gasteiger partial charge in [0.05, 0.1) is 33.4 Å². The summed E-state index contributed by atoms with van der Waals surface area (Å²) in [4.78, 5) is 85.0. The third kappa shape index (κ3) is 11.3. The molecule has 358 valence electrons. The highest BCUT2D eigenvalue weighted by Gasteiger charge is 2.62. The van der Waals surface area contributed by atoms with Crippen LogP contribution in [0.1, 0.15) is 62.1 Å².